The molecule has 1 amide bonds. The molecule has 3 aromatic rings. The van der Waals surface area contributed by atoms with E-state index in [2.05, 4.69) is 45.1 Å². The third-order valence-electron chi connectivity index (χ3n) is 4.09. The van der Waals surface area contributed by atoms with E-state index in [9.17, 15) is 4.79 Å². The number of aromatic nitrogens is 2. The van der Waals surface area contributed by atoms with Gasteiger partial charge in [0.05, 0.1) is 10.9 Å². The van der Waals surface area contributed by atoms with E-state index < -0.39 is 0 Å². The minimum Gasteiger partial charge on any atom is -0.467 e. The lowest BCUT2D eigenvalue weighted by Gasteiger charge is -2.16. The number of nitrogens with one attached hydrogen (secondary N) is 1. The summed E-state index contributed by atoms with van der Waals surface area (Å²) < 4.78 is 6.56. The van der Waals surface area contributed by atoms with Crippen LogP contribution < -0.4 is 10.1 Å². The molecule has 3 rings (SSSR count). The zero-order valence-corrected chi connectivity index (χ0v) is 16.5. The molecule has 1 heterocycles. The van der Waals surface area contributed by atoms with Gasteiger partial charge in [0.15, 0.2) is 6.61 Å². The molecule has 0 saturated heterocycles. The second kappa shape index (κ2) is 7.83. The second-order valence-corrected chi connectivity index (χ2v) is 7.29. The number of carbonyl (C=O) groups is 1. The van der Waals surface area contributed by atoms with Crippen molar-refractivity contribution >= 4 is 38.4 Å². The van der Waals surface area contributed by atoms with Crippen LogP contribution in [0.4, 0.5) is 5.69 Å². The fraction of sp³-hybridized carbons (Fsp3) is 0.250. The van der Waals surface area contributed by atoms with Crippen molar-refractivity contribution < 1.29 is 9.53 Å². The van der Waals surface area contributed by atoms with Crippen LogP contribution in [-0.2, 0) is 4.79 Å². The van der Waals surface area contributed by atoms with Crippen molar-refractivity contribution in [2.45, 2.75) is 26.7 Å². The molecule has 0 aliphatic rings. The van der Waals surface area contributed by atoms with E-state index >= 15 is 0 Å². The van der Waals surface area contributed by atoms with Crippen molar-refractivity contribution in [2.24, 2.45) is 0 Å². The highest BCUT2D eigenvalue weighted by molar-refractivity contribution is 9.10. The summed E-state index contributed by atoms with van der Waals surface area (Å²) in [5.74, 6) is 0.484. The number of anilines is 1. The molecule has 2 aromatic carbocycles. The summed E-state index contributed by atoms with van der Waals surface area (Å²) in [5.41, 5.74) is 3.75. The van der Waals surface area contributed by atoms with Crippen LogP contribution in [0, 0.1) is 6.92 Å². The minimum absolute atomic E-state index is 0.121. The zero-order chi connectivity index (χ0) is 18.7. The number of rotatable bonds is 5. The van der Waals surface area contributed by atoms with Crippen LogP contribution in [0.15, 0.2) is 47.2 Å². The summed E-state index contributed by atoms with van der Waals surface area (Å²) in [6, 6.07) is 11.7. The quantitative estimate of drug-likeness (QED) is 0.649. The highest BCUT2D eigenvalue weighted by Crippen LogP contribution is 2.28. The van der Waals surface area contributed by atoms with Gasteiger partial charge in [-0.15, -0.1) is 0 Å². The highest BCUT2D eigenvalue weighted by atomic mass is 79.9. The number of ether oxygens (including phenoxy) is 1. The van der Waals surface area contributed by atoms with Crippen molar-refractivity contribution in [1.82, 2.24) is 9.97 Å². The Morgan fingerprint density at radius 3 is 2.81 bits per heavy atom. The SMILES string of the molecule is Cc1cccc(C(C)C)c1NC(=O)COc1ncnc2ccc(Br)cc12. The second-order valence-electron chi connectivity index (χ2n) is 6.37. The first-order valence-electron chi connectivity index (χ1n) is 8.38. The molecule has 0 radical (unpaired) electrons. The van der Waals surface area contributed by atoms with Crippen LogP contribution in [0.5, 0.6) is 5.88 Å². The van der Waals surface area contributed by atoms with Crippen molar-refractivity contribution in [3.05, 3.63) is 58.3 Å². The van der Waals surface area contributed by atoms with Gasteiger partial charge in [0, 0.05) is 10.2 Å². The standard InChI is InChI=1S/C20H20BrN3O2/c1-12(2)15-6-4-5-13(3)19(15)24-18(25)10-26-20-16-9-14(21)7-8-17(16)22-11-23-20/h4-9,11-12H,10H2,1-3H3,(H,24,25). The lowest BCUT2D eigenvalue weighted by atomic mass is 9.98. The van der Waals surface area contributed by atoms with E-state index in [4.69, 9.17) is 4.74 Å². The average Bonchev–Trinajstić information content (AvgIpc) is 2.61. The fourth-order valence-electron chi connectivity index (χ4n) is 2.77. The highest BCUT2D eigenvalue weighted by Gasteiger charge is 2.13. The first kappa shape index (κ1) is 18.3. The van der Waals surface area contributed by atoms with E-state index in [0.717, 1.165) is 32.2 Å². The number of para-hydroxylation sites is 1. The molecule has 0 spiro atoms. The Morgan fingerprint density at radius 2 is 2.04 bits per heavy atom. The molecule has 0 aliphatic carbocycles. The number of carbonyl (C=O) groups excluding carboxylic acids is 1. The maximum Gasteiger partial charge on any atom is 0.262 e. The Kier molecular flexibility index (Phi) is 5.52. The van der Waals surface area contributed by atoms with E-state index in [-0.39, 0.29) is 12.5 Å². The normalized spacial score (nSPS) is 11.0. The number of hydrogen-bond donors (Lipinski definition) is 1. The van der Waals surface area contributed by atoms with Gasteiger partial charge in [0.1, 0.15) is 6.33 Å². The Bertz CT molecular complexity index is 957. The summed E-state index contributed by atoms with van der Waals surface area (Å²) in [5, 5.41) is 3.73. The predicted molar refractivity (Wildman–Crippen MR) is 107 cm³/mol. The molecule has 0 aliphatic heterocycles. The van der Waals surface area contributed by atoms with E-state index in [0.29, 0.717) is 11.8 Å². The molecule has 0 saturated carbocycles. The van der Waals surface area contributed by atoms with Crippen LogP contribution in [0.2, 0.25) is 0 Å². The molecule has 5 nitrogen and oxygen atoms in total. The Labute approximate surface area is 160 Å². The molecule has 1 aromatic heterocycles. The van der Waals surface area contributed by atoms with Gasteiger partial charge >= 0.3 is 0 Å². The monoisotopic (exact) mass is 413 g/mol. The molecular weight excluding hydrogens is 394 g/mol. The fourth-order valence-corrected chi connectivity index (χ4v) is 3.13. The molecule has 0 unspecified atom stereocenters. The van der Waals surface area contributed by atoms with Gasteiger partial charge in [0.25, 0.3) is 5.91 Å². The van der Waals surface area contributed by atoms with E-state index in [1.807, 2.05) is 43.3 Å². The molecule has 0 atom stereocenters. The Morgan fingerprint density at radius 1 is 1.23 bits per heavy atom. The van der Waals surface area contributed by atoms with Crippen molar-refractivity contribution in [3.8, 4) is 5.88 Å². The number of aryl methyl sites for hydroxylation is 1. The van der Waals surface area contributed by atoms with Crippen LogP contribution in [0.3, 0.4) is 0 Å². The van der Waals surface area contributed by atoms with Crippen LogP contribution in [-0.4, -0.2) is 22.5 Å². The van der Waals surface area contributed by atoms with Gasteiger partial charge in [-0.25, -0.2) is 9.97 Å². The van der Waals surface area contributed by atoms with Crippen LogP contribution in [0.25, 0.3) is 10.9 Å². The van der Waals surface area contributed by atoms with Gasteiger partial charge in [-0.3, -0.25) is 4.79 Å². The molecular formula is C20H20BrN3O2. The summed E-state index contributed by atoms with van der Waals surface area (Å²) in [7, 11) is 0. The number of fused-ring (bicyclic) bond motifs is 1. The first-order chi connectivity index (χ1) is 12.5. The van der Waals surface area contributed by atoms with Crippen LogP contribution >= 0.6 is 15.9 Å². The summed E-state index contributed by atoms with van der Waals surface area (Å²) in [6.45, 7) is 6.07. The molecule has 6 heteroatoms. The van der Waals surface area contributed by atoms with Crippen molar-refractivity contribution in [3.63, 3.8) is 0 Å². The smallest absolute Gasteiger partial charge is 0.262 e. The molecule has 0 fully saturated rings. The number of nitrogens with zero attached hydrogens (tertiary/aromatic N) is 2. The number of halogens is 1. The Balaban J connectivity index is 1.76. The Hall–Kier alpha value is -2.47. The maximum atomic E-state index is 12.4. The summed E-state index contributed by atoms with van der Waals surface area (Å²) in [6.07, 6.45) is 1.43. The number of hydrogen-bond acceptors (Lipinski definition) is 4. The van der Waals surface area contributed by atoms with Gasteiger partial charge in [-0.05, 0) is 42.2 Å². The third-order valence-corrected chi connectivity index (χ3v) is 4.59. The minimum atomic E-state index is -0.219. The maximum absolute atomic E-state index is 12.4. The third kappa shape index (κ3) is 4.02. The van der Waals surface area contributed by atoms with Gasteiger partial charge in [0.2, 0.25) is 5.88 Å². The lowest BCUT2D eigenvalue weighted by Crippen LogP contribution is -2.22. The van der Waals surface area contributed by atoms with Gasteiger partial charge < -0.3 is 10.1 Å². The van der Waals surface area contributed by atoms with Gasteiger partial charge in [-0.2, -0.15) is 0 Å². The molecule has 26 heavy (non-hydrogen) atoms. The topological polar surface area (TPSA) is 64.1 Å². The van der Waals surface area contributed by atoms with Gasteiger partial charge in [-0.1, -0.05) is 48.0 Å². The van der Waals surface area contributed by atoms with Crippen molar-refractivity contribution in [2.75, 3.05) is 11.9 Å². The molecule has 0 bridgehead atoms. The largest absolute Gasteiger partial charge is 0.467 e. The number of amides is 1. The number of benzene rings is 2. The lowest BCUT2D eigenvalue weighted by molar-refractivity contribution is -0.118. The average molecular weight is 414 g/mol. The summed E-state index contributed by atoms with van der Waals surface area (Å²) >= 11 is 3.43. The zero-order valence-electron chi connectivity index (χ0n) is 14.9. The summed E-state index contributed by atoms with van der Waals surface area (Å²) in [4.78, 5) is 20.8. The predicted octanol–water partition coefficient (Wildman–Crippen LogP) is 4.84. The van der Waals surface area contributed by atoms with Crippen molar-refractivity contribution in [1.29, 1.82) is 0 Å². The van der Waals surface area contributed by atoms with E-state index in [1.165, 1.54) is 6.33 Å². The van der Waals surface area contributed by atoms with Crippen LogP contribution in [0.1, 0.15) is 30.9 Å². The molecule has 1 N–H and O–H groups in total. The molecule has 134 valence electrons. The first-order valence-corrected chi connectivity index (χ1v) is 9.17. The van der Waals surface area contributed by atoms with E-state index in [1.54, 1.807) is 0 Å².